The highest BCUT2D eigenvalue weighted by molar-refractivity contribution is 5.91. The van der Waals surface area contributed by atoms with Gasteiger partial charge in [0.1, 0.15) is 30.4 Å². The second-order valence-corrected chi connectivity index (χ2v) is 22.3. The SMILES string of the molecule is Cc1cnn(C)c1-c1ccc([C@H](C)NC(=O)[C@@H]2C[C@@H](O)CN2C(=O)[C@H](c2cc(OCCN3CCC(O[C@H]4C[C@H](Oc5cc(N6C7CCC6CN(c6cc(-c8ccccc8O)nnc6N)C7)ccn5)C4)CC3)no2)C(C)C)cc1. The number of piperazine rings is 1. The number of aliphatic hydroxyl groups excluding tert-OH is 1. The van der Waals surface area contributed by atoms with E-state index in [2.05, 4.69) is 57.6 Å². The number of pyridine rings is 1. The first kappa shape index (κ1) is 52.7. The first-order chi connectivity index (χ1) is 37.7. The van der Waals surface area contributed by atoms with Crippen LogP contribution in [0.3, 0.4) is 0 Å². The number of nitrogens with one attached hydrogen (secondary N) is 1. The number of aryl methyl sites for hydroxylation is 2. The molecule has 5 fully saturated rings. The highest BCUT2D eigenvalue weighted by Gasteiger charge is 2.45. The minimum absolute atomic E-state index is 0.0487. The number of hydrogen-bond acceptors (Lipinski definition) is 17. The van der Waals surface area contributed by atoms with Crippen molar-refractivity contribution in [2.75, 3.05) is 61.4 Å². The molecular formula is C58H72N12O8. The number of aliphatic hydroxyl groups is 1. The molecule has 2 aromatic carbocycles. The summed E-state index contributed by atoms with van der Waals surface area (Å²) >= 11 is 0. The molecule has 5 aliphatic rings. The van der Waals surface area contributed by atoms with E-state index in [0.717, 1.165) is 98.5 Å². The van der Waals surface area contributed by atoms with Crippen LogP contribution in [-0.4, -0.2) is 150 Å². The number of fused-ring (bicyclic) bond motifs is 2. The maximum absolute atomic E-state index is 14.3. The van der Waals surface area contributed by atoms with E-state index < -0.39 is 18.1 Å². The number of β-amino-alcohol motifs (C(OH)–C–C–N with tert-alkyl or cyclic N) is 1. The van der Waals surface area contributed by atoms with Crippen molar-refractivity contribution in [3.05, 3.63) is 102 Å². The first-order valence-corrected chi connectivity index (χ1v) is 27.7. The van der Waals surface area contributed by atoms with E-state index in [9.17, 15) is 19.8 Å². The molecule has 20 nitrogen and oxygen atoms in total. The number of nitrogen functional groups attached to an aromatic ring is 1. The van der Waals surface area contributed by atoms with E-state index in [-0.39, 0.29) is 72.9 Å². The van der Waals surface area contributed by atoms with Gasteiger partial charge < -0.3 is 54.7 Å². The molecule has 20 heteroatoms. The Bertz CT molecular complexity index is 3030. The van der Waals surface area contributed by atoms with Crippen molar-refractivity contribution in [3.63, 3.8) is 0 Å². The Morgan fingerprint density at radius 3 is 2.36 bits per heavy atom. The molecule has 4 aliphatic heterocycles. The van der Waals surface area contributed by atoms with Gasteiger partial charge in [-0.3, -0.25) is 19.2 Å². The lowest BCUT2D eigenvalue weighted by Crippen LogP contribution is -2.54. The summed E-state index contributed by atoms with van der Waals surface area (Å²) in [6.07, 6.45) is 9.04. The molecule has 0 spiro atoms. The predicted molar refractivity (Wildman–Crippen MR) is 293 cm³/mol. The topological polar surface area (TPSA) is 236 Å². The standard InChI is InChI=1S/C58H72N12O8/c1-34(2)54(58(74)69-33-42(71)25-49(69)57(73)62-36(4)37-10-12-38(13-11-37)55-35(3)30-61-66(55)5)51-29-53(65-78-51)75-23-22-67-20-17-43(18-21-67)76-44-26-45(27-44)77-52-24-39(16-19-60-52)70-40-14-15-41(70)32-68(31-40)48-28-47(63-64-56(48)59)46-8-6-7-9-50(46)72/h6-13,16,19,24,28-30,34,36,40-45,49,54,71-72H,14-15,17-18,20-23,25-27,31-33H2,1-5H3,(H2,59,64)(H,62,73)/t36-,40?,41?,42+,44-,45-,49-,54-/m0/s1. The molecule has 0 radical (unpaired) electrons. The van der Waals surface area contributed by atoms with Crippen molar-refractivity contribution in [1.29, 1.82) is 0 Å². The van der Waals surface area contributed by atoms with Crippen molar-refractivity contribution < 1.29 is 38.5 Å². The Kier molecular flexibility index (Phi) is 15.3. The predicted octanol–water partition coefficient (Wildman–Crippen LogP) is 6.43. The number of nitrogens with zero attached hydrogens (tertiary/aromatic N) is 10. The summed E-state index contributed by atoms with van der Waals surface area (Å²) in [4.78, 5) is 41.3. The van der Waals surface area contributed by atoms with Crippen LogP contribution < -0.4 is 30.3 Å². The van der Waals surface area contributed by atoms with Crippen LogP contribution >= 0.6 is 0 Å². The average molecular weight is 1070 g/mol. The second kappa shape index (κ2) is 22.6. The van der Waals surface area contributed by atoms with E-state index in [0.29, 0.717) is 47.7 Å². The van der Waals surface area contributed by atoms with Crippen LogP contribution in [-0.2, 0) is 21.4 Å². The van der Waals surface area contributed by atoms with E-state index >= 15 is 0 Å². The van der Waals surface area contributed by atoms with Crippen molar-refractivity contribution >= 4 is 29.0 Å². The second-order valence-electron chi connectivity index (χ2n) is 22.3. The lowest BCUT2D eigenvalue weighted by atomic mass is 9.91. The highest BCUT2D eigenvalue weighted by atomic mass is 16.5. The average Bonchev–Trinajstić information content (AvgIpc) is 4.29. The number of anilines is 3. The van der Waals surface area contributed by atoms with Gasteiger partial charge in [0.2, 0.25) is 17.7 Å². The molecule has 2 amide bonds. The number of hydrogen-bond donors (Lipinski definition) is 4. The number of carbonyl (C=O) groups is 2. The Hall–Kier alpha value is -7.29. The summed E-state index contributed by atoms with van der Waals surface area (Å²) in [5, 5.41) is 41.4. The third-order valence-corrected chi connectivity index (χ3v) is 16.5. The van der Waals surface area contributed by atoms with E-state index in [1.165, 1.54) is 4.90 Å². The number of aromatic hydroxyl groups is 1. The number of amides is 2. The minimum atomic E-state index is -0.837. The van der Waals surface area contributed by atoms with Gasteiger partial charge >= 0.3 is 0 Å². The lowest BCUT2D eigenvalue weighted by Gasteiger charge is -2.43. The van der Waals surface area contributed by atoms with Gasteiger partial charge in [-0.2, -0.15) is 5.10 Å². The number of ether oxygens (including phenoxy) is 3. The number of nitrogens with two attached hydrogens (primary N) is 1. The van der Waals surface area contributed by atoms with Crippen LogP contribution in [0.1, 0.15) is 94.6 Å². The van der Waals surface area contributed by atoms with Gasteiger partial charge in [-0.05, 0) is 86.0 Å². The molecule has 8 heterocycles. The fourth-order valence-corrected chi connectivity index (χ4v) is 12.3. The lowest BCUT2D eigenvalue weighted by molar-refractivity contribution is -0.141. The van der Waals surface area contributed by atoms with Crippen LogP contribution in [0.25, 0.3) is 22.5 Å². The Labute approximate surface area is 454 Å². The molecule has 1 aliphatic carbocycles. The van der Waals surface area contributed by atoms with Crippen LogP contribution in [0.5, 0.6) is 17.5 Å². The maximum Gasteiger partial charge on any atom is 0.254 e. The fourth-order valence-electron chi connectivity index (χ4n) is 12.3. The van der Waals surface area contributed by atoms with Crippen LogP contribution in [0.4, 0.5) is 17.2 Å². The fraction of sp³-hybridized carbons (Fsp3) is 0.500. The Balaban J connectivity index is 0.602. The minimum Gasteiger partial charge on any atom is -0.507 e. The molecule has 6 aromatic rings. The van der Waals surface area contributed by atoms with Crippen molar-refractivity contribution in [2.24, 2.45) is 13.0 Å². The number of carbonyl (C=O) groups excluding carboxylic acids is 2. The van der Waals surface area contributed by atoms with Crippen LogP contribution in [0.2, 0.25) is 0 Å². The molecule has 1 saturated carbocycles. The molecule has 5 N–H and O–H groups in total. The van der Waals surface area contributed by atoms with Crippen molar-refractivity contribution in [3.8, 4) is 40.0 Å². The van der Waals surface area contributed by atoms with Crippen LogP contribution in [0.15, 0.2) is 89.7 Å². The highest BCUT2D eigenvalue weighted by Crippen LogP contribution is 2.41. The number of likely N-dealkylation sites (tertiary alicyclic amines) is 2. The summed E-state index contributed by atoms with van der Waals surface area (Å²) in [7, 11) is 1.91. The molecule has 6 atom stereocenters. The van der Waals surface area contributed by atoms with Gasteiger partial charge in [-0.15, -0.1) is 10.2 Å². The number of phenols is 1. The zero-order valence-electron chi connectivity index (χ0n) is 45.1. The Morgan fingerprint density at radius 2 is 1.64 bits per heavy atom. The number of rotatable bonds is 18. The summed E-state index contributed by atoms with van der Waals surface area (Å²) in [6.45, 7) is 12.3. The number of aromatic nitrogens is 6. The van der Waals surface area contributed by atoms with Gasteiger partial charge in [0.25, 0.3) is 5.88 Å². The molecule has 78 heavy (non-hydrogen) atoms. The smallest absolute Gasteiger partial charge is 0.254 e. The van der Waals surface area contributed by atoms with Crippen molar-refractivity contribution in [1.82, 2.24) is 45.2 Å². The first-order valence-electron chi connectivity index (χ1n) is 27.7. The molecule has 11 rings (SSSR count). The normalized spacial score (nSPS) is 23.3. The van der Waals surface area contributed by atoms with Crippen molar-refractivity contribution in [2.45, 2.75) is 127 Å². The van der Waals surface area contributed by atoms with Gasteiger partial charge in [0.15, 0.2) is 11.6 Å². The maximum atomic E-state index is 14.3. The number of para-hydroxylation sites is 1. The molecule has 2 bridgehead atoms. The monoisotopic (exact) mass is 1060 g/mol. The summed E-state index contributed by atoms with van der Waals surface area (Å²) in [5.41, 5.74) is 13.6. The molecule has 4 aromatic heterocycles. The number of benzene rings is 2. The third-order valence-electron chi connectivity index (χ3n) is 16.5. The number of piperidine rings is 1. The Morgan fingerprint density at radius 1 is 0.885 bits per heavy atom. The summed E-state index contributed by atoms with van der Waals surface area (Å²) in [6, 6.07) is 22.3. The summed E-state index contributed by atoms with van der Waals surface area (Å²) in [5.74, 6) is 0.316. The van der Waals surface area contributed by atoms with Gasteiger partial charge in [0.05, 0.1) is 47.6 Å². The zero-order chi connectivity index (χ0) is 54.2. The van der Waals surface area contributed by atoms with Gasteiger partial charge in [-0.25, -0.2) is 4.98 Å². The van der Waals surface area contributed by atoms with Gasteiger partial charge in [-0.1, -0.05) is 50.2 Å². The molecular weight excluding hydrogens is 993 g/mol. The van der Waals surface area contributed by atoms with E-state index in [1.54, 1.807) is 18.2 Å². The largest absolute Gasteiger partial charge is 0.507 e. The molecule has 412 valence electrons. The van der Waals surface area contributed by atoms with Gasteiger partial charge in [0, 0.05) is 113 Å². The third kappa shape index (κ3) is 11.2. The van der Waals surface area contributed by atoms with E-state index in [1.807, 2.05) is 94.3 Å². The molecule has 4 saturated heterocycles. The molecule has 2 unspecified atom stereocenters. The summed E-state index contributed by atoms with van der Waals surface area (Å²) < 4.78 is 26.6. The quantitative estimate of drug-likeness (QED) is 0.0726. The zero-order valence-corrected chi connectivity index (χ0v) is 45.1. The van der Waals surface area contributed by atoms with E-state index in [4.69, 9.17) is 24.5 Å². The number of phenolic OH excluding ortho intramolecular Hbond substituents is 1. The van der Waals surface area contributed by atoms with Crippen LogP contribution in [0, 0.1) is 12.8 Å².